The third kappa shape index (κ3) is 3.43. The molecule has 0 atom stereocenters. The fraction of sp³-hybridized carbons (Fsp3) is 1.00. The van der Waals surface area contributed by atoms with Gasteiger partial charge in [0.2, 0.25) is 0 Å². The summed E-state index contributed by atoms with van der Waals surface area (Å²) in [6.45, 7) is 11.9. The van der Waals surface area contributed by atoms with Gasteiger partial charge in [-0.15, -0.1) is 0 Å². The number of piperazine rings is 1. The number of nitrogens with zero attached hydrogens (tertiary/aromatic N) is 1. The largest absolute Gasteiger partial charge is 0.375 e. The standard InChI is InChI=1S/C14H28N2O/c1-4-17-13(2,3)11-16-10-9-15-14(12-16)7-5-6-8-14/h15H,4-12H2,1-3H3. The van der Waals surface area contributed by atoms with Crippen LogP contribution in [0.25, 0.3) is 0 Å². The molecular formula is C14H28N2O. The predicted molar refractivity (Wildman–Crippen MR) is 71.3 cm³/mol. The van der Waals surface area contributed by atoms with E-state index in [4.69, 9.17) is 4.74 Å². The Morgan fingerprint density at radius 1 is 1.29 bits per heavy atom. The van der Waals surface area contributed by atoms with Crippen molar-refractivity contribution in [3.63, 3.8) is 0 Å². The molecule has 2 fully saturated rings. The second-order valence-electron chi connectivity index (χ2n) is 6.32. The highest BCUT2D eigenvalue weighted by molar-refractivity contribution is 4.98. The van der Waals surface area contributed by atoms with Crippen molar-refractivity contribution in [1.82, 2.24) is 10.2 Å². The summed E-state index contributed by atoms with van der Waals surface area (Å²) in [6, 6.07) is 0. The van der Waals surface area contributed by atoms with Crippen LogP contribution in [0.1, 0.15) is 46.5 Å². The van der Waals surface area contributed by atoms with Crippen molar-refractivity contribution >= 4 is 0 Å². The molecule has 1 N–H and O–H groups in total. The molecule has 1 aliphatic carbocycles. The zero-order chi connectivity index (χ0) is 12.4. The molecule has 3 nitrogen and oxygen atoms in total. The number of nitrogens with one attached hydrogen (secondary N) is 1. The van der Waals surface area contributed by atoms with Gasteiger partial charge in [0.05, 0.1) is 5.60 Å². The van der Waals surface area contributed by atoms with Crippen LogP contribution in [0.5, 0.6) is 0 Å². The molecule has 0 aromatic carbocycles. The van der Waals surface area contributed by atoms with E-state index >= 15 is 0 Å². The number of rotatable bonds is 4. The van der Waals surface area contributed by atoms with E-state index in [2.05, 4.69) is 31.0 Å². The van der Waals surface area contributed by atoms with Crippen LogP contribution in [0.3, 0.4) is 0 Å². The Morgan fingerprint density at radius 3 is 2.65 bits per heavy atom. The molecule has 0 bridgehead atoms. The first kappa shape index (κ1) is 13.3. The molecular weight excluding hydrogens is 212 g/mol. The van der Waals surface area contributed by atoms with Gasteiger partial charge >= 0.3 is 0 Å². The van der Waals surface area contributed by atoms with Gasteiger partial charge in [0.25, 0.3) is 0 Å². The molecule has 3 heteroatoms. The number of ether oxygens (including phenoxy) is 1. The van der Waals surface area contributed by atoms with Gasteiger partial charge in [-0.05, 0) is 33.6 Å². The van der Waals surface area contributed by atoms with E-state index in [0.717, 1.165) is 26.2 Å². The Morgan fingerprint density at radius 2 is 2.00 bits per heavy atom. The van der Waals surface area contributed by atoms with Gasteiger partial charge in [-0.2, -0.15) is 0 Å². The summed E-state index contributed by atoms with van der Waals surface area (Å²) >= 11 is 0. The van der Waals surface area contributed by atoms with Crippen LogP contribution in [0.15, 0.2) is 0 Å². The summed E-state index contributed by atoms with van der Waals surface area (Å²) < 4.78 is 5.82. The molecule has 0 unspecified atom stereocenters. The van der Waals surface area contributed by atoms with Crippen molar-refractivity contribution in [1.29, 1.82) is 0 Å². The van der Waals surface area contributed by atoms with Crippen molar-refractivity contribution < 1.29 is 4.74 Å². The molecule has 0 aromatic rings. The van der Waals surface area contributed by atoms with Crippen LogP contribution >= 0.6 is 0 Å². The predicted octanol–water partition coefficient (Wildman–Crippen LogP) is 2.02. The third-order valence-electron chi connectivity index (χ3n) is 4.15. The third-order valence-corrected chi connectivity index (χ3v) is 4.15. The Balaban J connectivity index is 1.89. The molecule has 0 aromatic heterocycles. The lowest BCUT2D eigenvalue weighted by molar-refractivity contribution is -0.0431. The quantitative estimate of drug-likeness (QED) is 0.813. The van der Waals surface area contributed by atoms with E-state index in [0.29, 0.717) is 5.54 Å². The molecule has 0 radical (unpaired) electrons. The minimum absolute atomic E-state index is 0.00805. The second kappa shape index (κ2) is 5.25. The molecule has 1 aliphatic heterocycles. The fourth-order valence-corrected chi connectivity index (χ4v) is 3.54. The SMILES string of the molecule is CCOC(C)(C)CN1CCNC2(CCCC2)C1. The average molecular weight is 240 g/mol. The van der Waals surface area contributed by atoms with Crippen molar-refractivity contribution in [2.24, 2.45) is 0 Å². The molecule has 1 heterocycles. The summed E-state index contributed by atoms with van der Waals surface area (Å²) in [6.07, 6.45) is 5.52. The maximum absolute atomic E-state index is 5.82. The molecule has 0 amide bonds. The maximum Gasteiger partial charge on any atom is 0.0752 e. The lowest BCUT2D eigenvalue weighted by atomic mass is 9.93. The van der Waals surface area contributed by atoms with Gasteiger partial charge in [0, 0.05) is 38.3 Å². The second-order valence-corrected chi connectivity index (χ2v) is 6.32. The highest BCUT2D eigenvalue weighted by atomic mass is 16.5. The Kier molecular flexibility index (Phi) is 4.11. The number of hydrogen-bond acceptors (Lipinski definition) is 3. The summed E-state index contributed by atoms with van der Waals surface area (Å²) in [4.78, 5) is 2.59. The summed E-state index contributed by atoms with van der Waals surface area (Å²) in [5.41, 5.74) is 0.423. The van der Waals surface area contributed by atoms with Crippen molar-refractivity contribution in [2.45, 2.75) is 57.6 Å². The molecule has 1 spiro atoms. The fourth-order valence-electron chi connectivity index (χ4n) is 3.54. The normalized spacial score (nSPS) is 25.6. The van der Waals surface area contributed by atoms with Gasteiger partial charge in [0.1, 0.15) is 0 Å². The first-order chi connectivity index (χ1) is 8.05. The van der Waals surface area contributed by atoms with Crippen LogP contribution in [-0.4, -0.2) is 48.8 Å². The van der Waals surface area contributed by atoms with Crippen LogP contribution in [0, 0.1) is 0 Å². The summed E-state index contributed by atoms with van der Waals surface area (Å²) in [5.74, 6) is 0. The van der Waals surface area contributed by atoms with Crippen molar-refractivity contribution in [3.8, 4) is 0 Å². The smallest absolute Gasteiger partial charge is 0.0752 e. The van der Waals surface area contributed by atoms with E-state index in [-0.39, 0.29) is 5.60 Å². The molecule has 2 rings (SSSR count). The minimum atomic E-state index is -0.00805. The minimum Gasteiger partial charge on any atom is -0.375 e. The maximum atomic E-state index is 5.82. The van der Waals surface area contributed by atoms with Crippen LogP contribution in [-0.2, 0) is 4.74 Å². The first-order valence-electron chi connectivity index (χ1n) is 7.17. The molecule has 1 saturated carbocycles. The van der Waals surface area contributed by atoms with E-state index in [1.54, 1.807) is 0 Å². The van der Waals surface area contributed by atoms with Gasteiger partial charge in [-0.25, -0.2) is 0 Å². The number of hydrogen-bond donors (Lipinski definition) is 1. The summed E-state index contributed by atoms with van der Waals surface area (Å²) in [5, 5.41) is 3.76. The first-order valence-corrected chi connectivity index (χ1v) is 7.17. The van der Waals surface area contributed by atoms with Crippen molar-refractivity contribution in [2.75, 3.05) is 32.8 Å². The average Bonchev–Trinajstić information content (AvgIpc) is 2.65. The lowest BCUT2D eigenvalue weighted by Crippen LogP contribution is -2.60. The zero-order valence-electron chi connectivity index (χ0n) is 11.7. The highest BCUT2D eigenvalue weighted by Gasteiger charge is 2.38. The topological polar surface area (TPSA) is 24.5 Å². The molecule has 100 valence electrons. The zero-order valence-corrected chi connectivity index (χ0v) is 11.7. The van der Waals surface area contributed by atoms with Gasteiger partial charge in [-0.3, -0.25) is 4.90 Å². The van der Waals surface area contributed by atoms with Crippen LogP contribution < -0.4 is 5.32 Å². The Bertz CT molecular complexity index is 247. The van der Waals surface area contributed by atoms with Crippen LogP contribution in [0.4, 0.5) is 0 Å². The molecule has 17 heavy (non-hydrogen) atoms. The Labute approximate surface area is 106 Å². The van der Waals surface area contributed by atoms with E-state index < -0.39 is 0 Å². The van der Waals surface area contributed by atoms with E-state index in [1.165, 1.54) is 32.2 Å². The monoisotopic (exact) mass is 240 g/mol. The van der Waals surface area contributed by atoms with E-state index in [9.17, 15) is 0 Å². The van der Waals surface area contributed by atoms with Gasteiger partial charge < -0.3 is 10.1 Å². The van der Waals surface area contributed by atoms with E-state index in [1.807, 2.05) is 0 Å². The van der Waals surface area contributed by atoms with Gasteiger partial charge in [-0.1, -0.05) is 12.8 Å². The molecule has 2 aliphatic rings. The molecule has 1 saturated heterocycles. The summed E-state index contributed by atoms with van der Waals surface area (Å²) in [7, 11) is 0. The highest BCUT2D eigenvalue weighted by Crippen LogP contribution is 2.32. The van der Waals surface area contributed by atoms with Crippen LogP contribution in [0.2, 0.25) is 0 Å². The Hall–Kier alpha value is -0.120. The van der Waals surface area contributed by atoms with Gasteiger partial charge in [0.15, 0.2) is 0 Å². The lowest BCUT2D eigenvalue weighted by Gasteiger charge is -2.44. The van der Waals surface area contributed by atoms with Crippen molar-refractivity contribution in [3.05, 3.63) is 0 Å².